The molecular weight excluding hydrogens is 308 g/mol. The maximum absolute atomic E-state index is 12.2. The van der Waals surface area contributed by atoms with Crippen LogP contribution in [0.5, 0.6) is 0 Å². The molecule has 0 aliphatic rings. The second-order valence-corrected chi connectivity index (χ2v) is 4.58. The number of nitrogens with zero attached hydrogens (tertiary/aromatic N) is 1. The minimum atomic E-state index is -0.494. The van der Waals surface area contributed by atoms with Crippen LogP contribution < -0.4 is 21.7 Å². The van der Waals surface area contributed by atoms with Gasteiger partial charge in [-0.1, -0.05) is 12.1 Å². The average molecular weight is 329 g/mol. The lowest BCUT2D eigenvalue weighted by Gasteiger charge is -2.23. The van der Waals surface area contributed by atoms with Crippen molar-refractivity contribution < 1.29 is 14.4 Å². The molecule has 0 spiro atoms. The van der Waals surface area contributed by atoms with E-state index in [2.05, 4.69) is 5.32 Å². The lowest BCUT2D eigenvalue weighted by molar-refractivity contribution is -0.124. The normalized spacial score (nSPS) is 9.55. The summed E-state index contributed by atoms with van der Waals surface area (Å²) in [6.45, 7) is 1.70. The van der Waals surface area contributed by atoms with E-state index in [1.165, 1.54) is 4.90 Å². The number of aryl methyl sites for hydroxylation is 1. The predicted octanol–water partition coefficient (Wildman–Crippen LogP) is -0.300. The fraction of sp³-hybridized carbons (Fsp3) is 0.357. The maximum Gasteiger partial charge on any atom is 0.246 e. The number of nitrogens with two attached hydrogens (primary N) is 2. The molecule has 0 heterocycles. The smallest absolute Gasteiger partial charge is 0.246 e. The highest BCUT2D eigenvalue weighted by Crippen LogP contribution is 2.16. The Morgan fingerprint density at radius 2 is 1.95 bits per heavy atom. The first kappa shape index (κ1) is 19.9. The zero-order valence-corrected chi connectivity index (χ0v) is 13.2. The van der Waals surface area contributed by atoms with Crippen LogP contribution in [0.3, 0.4) is 0 Å². The van der Waals surface area contributed by atoms with Crippen molar-refractivity contribution in [3.05, 3.63) is 29.8 Å². The summed E-state index contributed by atoms with van der Waals surface area (Å²) in [5.41, 5.74) is 11.9. The second kappa shape index (κ2) is 9.75. The molecule has 3 amide bonds. The van der Waals surface area contributed by atoms with Gasteiger partial charge in [0.15, 0.2) is 0 Å². The first-order valence-corrected chi connectivity index (χ1v) is 6.56. The molecule has 1 aromatic carbocycles. The topological polar surface area (TPSA) is 119 Å². The molecule has 122 valence electrons. The number of hydrogen-bond acceptors (Lipinski definition) is 4. The van der Waals surface area contributed by atoms with Crippen LogP contribution in [0.2, 0.25) is 0 Å². The van der Waals surface area contributed by atoms with E-state index >= 15 is 0 Å². The Balaban J connectivity index is 0.00000441. The Hall–Kier alpha value is -2.12. The first-order chi connectivity index (χ1) is 9.93. The standard InChI is InChI=1S/C14H20N4O3.ClH/c1-10-3-2-4-11(7-10)18(6-5-12(16)19)14(21)9-17-13(20)8-15;/h2-4,7H,5-6,8-9,15H2,1H3,(H2,16,19)(H,17,20);1H. The number of amides is 3. The molecule has 0 aliphatic heterocycles. The largest absolute Gasteiger partial charge is 0.370 e. The molecule has 1 aromatic rings. The van der Waals surface area contributed by atoms with Crippen LogP contribution in [-0.2, 0) is 14.4 Å². The van der Waals surface area contributed by atoms with Crippen LogP contribution in [0.4, 0.5) is 5.69 Å². The van der Waals surface area contributed by atoms with Gasteiger partial charge in [0.05, 0.1) is 13.1 Å². The average Bonchev–Trinajstić information content (AvgIpc) is 2.44. The Labute approximate surface area is 135 Å². The SMILES string of the molecule is Cc1cccc(N(CCC(N)=O)C(=O)CNC(=O)CN)c1.Cl. The zero-order chi connectivity index (χ0) is 15.8. The molecule has 0 saturated carbocycles. The van der Waals surface area contributed by atoms with Crippen LogP contribution >= 0.6 is 12.4 Å². The van der Waals surface area contributed by atoms with Crippen molar-refractivity contribution in [3.8, 4) is 0 Å². The number of primary amides is 1. The number of halogens is 1. The summed E-state index contributed by atoms with van der Waals surface area (Å²) in [4.78, 5) is 35.7. The third-order valence-corrected chi connectivity index (χ3v) is 2.82. The highest BCUT2D eigenvalue weighted by atomic mass is 35.5. The van der Waals surface area contributed by atoms with Gasteiger partial charge >= 0.3 is 0 Å². The third-order valence-electron chi connectivity index (χ3n) is 2.82. The Bertz CT molecular complexity index is 537. The molecule has 1 rings (SSSR count). The molecular formula is C14H21ClN4O3. The summed E-state index contributed by atoms with van der Waals surface area (Å²) in [5, 5.41) is 2.41. The van der Waals surface area contributed by atoms with Gasteiger partial charge in [-0.3, -0.25) is 14.4 Å². The Morgan fingerprint density at radius 1 is 1.27 bits per heavy atom. The number of rotatable bonds is 7. The molecule has 0 saturated heterocycles. The van der Waals surface area contributed by atoms with Gasteiger partial charge in [0.1, 0.15) is 0 Å². The van der Waals surface area contributed by atoms with Gasteiger partial charge in [-0.15, -0.1) is 12.4 Å². The van der Waals surface area contributed by atoms with Gasteiger partial charge in [-0.25, -0.2) is 0 Å². The minimum Gasteiger partial charge on any atom is -0.370 e. The molecule has 0 atom stereocenters. The lowest BCUT2D eigenvalue weighted by Crippen LogP contribution is -2.43. The Morgan fingerprint density at radius 3 is 2.50 bits per heavy atom. The van der Waals surface area contributed by atoms with Crippen LogP contribution in [-0.4, -0.2) is 37.4 Å². The molecule has 0 aliphatic carbocycles. The zero-order valence-electron chi connectivity index (χ0n) is 12.4. The van der Waals surface area contributed by atoms with Crippen LogP contribution in [0.25, 0.3) is 0 Å². The van der Waals surface area contributed by atoms with Crippen LogP contribution in [0.1, 0.15) is 12.0 Å². The molecule has 0 unspecified atom stereocenters. The van der Waals surface area contributed by atoms with Crippen LogP contribution in [0, 0.1) is 6.92 Å². The minimum absolute atomic E-state index is 0. The summed E-state index contributed by atoms with van der Waals surface area (Å²) < 4.78 is 0. The van der Waals surface area contributed by atoms with Gasteiger partial charge in [0.25, 0.3) is 0 Å². The summed E-state index contributed by atoms with van der Waals surface area (Å²) in [6, 6.07) is 7.30. The number of nitrogens with one attached hydrogen (secondary N) is 1. The lowest BCUT2D eigenvalue weighted by atomic mass is 10.2. The highest BCUT2D eigenvalue weighted by Gasteiger charge is 2.17. The number of carbonyl (C=O) groups is 3. The van der Waals surface area contributed by atoms with Crippen molar-refractivity contribution in [2.45, 2.75) is 13.3 Å². The molecule has 0 aromatic heterocycles. The summed E-state index contributed by atoms with van der Waals surface area (Å²) in [5.74, 6) is -1.24. The molecule has 0 bridgehead atoms. The Kier molecular flexibility index (Phi) is 8.81. The molecule has 8 heteroatoms. The van der Waals surface area contributed by atoms with E-state index in [0.29, 0.717) is 5.69 Å². The van der Waals surface area contributed by atoms with E-state index in [-0.39, 0.29) is 44.4 Å². The van der Waals surface area contributed by atoms with Crippen molar-refractivity contribution in [1.29, 1.82) is 0 Å². The van der Waals surface area contributed by atoms with Gasteiger partial charge in [-0.2, -0.15) is 0 Å². The van der Waals surface area contributed by atoms with Crippen LogP contribution in [0.15, 0.2) is 24.3 Å². The molecule has 22 heavy (non-hydrogen) atoms. The maximum atomic E-state index is 12.2. The quantitative estimate of drug-likeness (QED) is 0.636. The highest BCUT2D eigenvalue weighted by molar-refractivity contribution is 5.97. The monoisotopic (exact) mass is 328 g/mol. The fourth-order valence-corrected chi connectivity index (χ4v) is 1.76. The number of carbonyl (C=O) groups excluding carboxylic acids is 3. The van der Waals surface area contributed by atoms with E-state index < -0.39 is 11.8 Å². The van der Waals surface area contributed by atoms with Crippen molar-refractivity contribution in [3.63, 3.8) is 0 Å². The molecule has 7 nitrogen and oxygen atoms in total. The molecule has 5 N–H and O–H groups in total. The summed E-state index contributed by atoms with van der Waals surface area (Å²) >= 11 is 0. The van der Waals surface area contributed by atoms with Crippen molar-refractivity contribution in [2.75, 3.05) is 24.5 Å². The van der Waals surface area contributed by atoms with E-state index in [1.54, 1.807) is 6.07 Å². The van der Waals surface area contributed by atoms with E-state index in [9.17, 15) is 14.4 Å². The van der Waals surface area contributed by atoms with E-state index in [0.717, 1.165) is 5.56 Å². The summed E-state index contributed by atoms with van der Waals surface area (Å²) in [6.07, 6.45) is 0.0461. The number of benzene rings is 1. The van der Waals surface area contributed by atoms with E-state index in [4.69, 9.17) is 11.5 Å². The fourth-order valence-electron chi connectivity index (χ4n) is 1.76. The summed E-state index contributed by atoms with van der Waals surface area (Å²) in [7, 11) is 0. The number of anilines is 1. The van der Waals surface area contributed by atoms with Gasteiger partial charge in [-0.05, 0) is 24.6 Å². The molecule has 0 radical (unpaired) electrons. The molecule has 0 fully saturated rings. The van der Waals surface area contributed by atoms with Crippen molar-refractivity contribution >= 4 is 35.8 Å². The predicted molar refractivity (Wildman–Crippen MR) is 86.7 cm³/mol. The van der Waals surface area contributed by atoms with E-state index in [1.807, 2.05) is 25.1 Å². The van der Waals surface area contributed by atoms with Gasteiger partial charge in [0.2, 0.25) is 17.7 Å². The second-order valence-electron chi connectivity index (χ2n) is 4.58. The van der Waals surface area contributed by atoms with Crippen molar-refractivity contribution in [1.82, 2.24) is 5.32 Å². The van der Waals surface area contributed by atoms with Gasteiger partial charge < -0.3 is 21.7 Å². The number of hydrogen-bond donors (Lipinski definition) is 3. The van der Waals surface area contributed by atoms with Gasteiger partial charge in [0, 0.05) is 18.7 Å². The van der Waals surface area contributed by atoms with Crippen molar-refractivity contribution in [2.24, 2.45) is 11.5 Å². The third kappa shape index (κ3) is 6.55. The first-order valence-electron chi connectivity index (χ1n) is 6.56.